The summed E-state index contributed by atoms with van der Waals surface area (Å²) in [5.74, 6) is 1.03. The lowest BCUT2D eigenvalue weighted by molar-refractivity contribution is 0.520. The number of nitrogens with zero attached hydrogens (tertiary/aromatic N) is 1. The number of H-pyrrole nitrogens is 1. The molecule has 1 atom stereocenters. The van der Waals surface area contributed by atoms with Crippen LogP contribution in [0.3, 0.4) is 0 Å². The van der Waals surface area contributed by atoms with E-state index in [1.54, 1.807) is 6.20 Å². The summed E-state index contributed by atoms with van der Waals surface area (Å²) in [7, 11) is 0. The lowest BCUT2D eigenvalue weighted by Crippen LogP contribution is -2.24. The Hall–Kier alpha value is -1.61. The fourth-order valence-corrected chi connectivity index (χ4v) is 2.03. The van der Waals surface area contributed by atoms with Crippen LogP contribution in [0.2, 0.25) is 0 Å². The Kier molecular flexibility index (Phi) is 4.53. The molecule has 0 saturated carbocycles. The van der Waals surface area contributed by atoms with E-state index in [0.29, 0.717) is 6.04 Å². The normalized spacial score (nSPS) is 12.6. The van der Waals surface area contributed by atoms with Crippen LogP contribution in [0, 0.1) is 6.92 Å². The molecule has 96 valence electrons. The summed E-state index contributed by atoms with van der Waals surface area (Å²) < 4.78 is 0. The fourth-order valence-electron chi connectivity index (χ4n) is 2.03. The summed E-state index contributed by atoms with van der Waals surface area (Å²) in [4.78, 5) is 7.49. The largest absolute Gasteiger partial charge is 0.349 e. The minimum atomic E-state index is 0.330. The van der Waals surface area contributed by atoms with Crippen molar-refractivity contribution in [3.8, 4) is 0 Å². The van der Waals surface area contributed by atoms with Gasteiger partial charge in [0.25, 0.3) is 0 Å². The zero-order valence-electron chi connectivity index (χ0n) is 11.1. The van der Waals surface area contributed by atoms with Gasteiger partial charge in [0.2, 0.25) is 0 Å². The van der Waals surface area contributed by atoms with Crippen molar-refractivity contribution in [2.45, 2.75) is 32.7 Å². The predicted molar refractivity (Wildman–Crippen MR) is 74.5 cm³/mol. The van der Waals surface area contributed by atoms with E-state index in [4.69, 9.17) is 0 Å². The van der Waals surface area contributed by atoms with Crippen LogP contribution in [0.25, 0.3) is 0 Å². The quantitative estimate of drug-likeness (QED) is 0.819. The second-order valence-corrected chi connectivity index (χ2v) is 4.66. The number of aromatic nitrogens is 2. The molecular formula is C15H21N3. The van der Waals surface area contributed by atoms with Crippen LogP contribution >= 0.6 is 0 Å². The average molecular weight is 243 g/mol. The molecule has 0 aliphatic heterocycles. The van der Waals surface area contributed by atoms with Crippen LogP contribution in [-0.4, -0.2) is 16.5 Å². The number of aromatic amines is 1. The minimum Gasteiger partial charge on any atom is -0.349 e. The third-order valence-corrected chi connectivity index (χ3v) is 3.07. The van der Waals surface area contributed by atoms with Gasteiger partial charge in [-0.1, -0.05) is 36.8 Å². The number of benzene rings is 1. The van der Waals surface area contributed by atoms with Gasteiger partial charge in [-0.05, 0) is 25.5 Å². The maximum absolute atomic E-state index is 4.31. The molecular weight excluding hydrogens is 222 g/mol. The molecule has 1 aromatic heterocycles. The molecule has 0 fully saturated rings. The molecule has 1 aromatic carbocycles. The average Bonchev–Trinajstić information content (AvgIpc) is 2.88. The highest BCUT2D eigenvalue weighted by Gasteiger charge is 2.12. The highest BCUT2D eigenvalue weighted by Crippen LogP contribution is 2.17. The molecule has 2 N–H and O–H groups in total. The van der Waals surface area contributed by atoms with Gasteiger partial charge in [-0.15, -0.1) is 0 Å². The number of imidazole rings is 1. The molecule has 0 bridgehead atoms. The van der Waals surface area contributed by atoms with Gasteiger partial charge in [0.15, 0.2) is 0 Å². The zero-order chi connectivity index (χ0) is 12.8. The maximum Gasteiger partial charge on any atom is 0.107 e. The van der Waals surface area contributed by atoms with E-state index in [-0.39, 0.29) is 0 Å². The molecule has 2 rings (SSSR count). The van der Waals surface area contributed by atoms with Crippen LogP contribution in [0.4, 0.5) is 0 Å². The van der Waals surface area contributed by atoms with Crippen molar-refractivity contribution < 1.29 is 0 Å². The summed E-state index contributed by atoms with van der Waals surface area (Å²) in [5.41, 5.74) is 2.62. The highest BCUT2D eigenvalue weighted by atomic mass is 14.9. The predicted octanol–water partition coefficient (Wildman–Crippen LogP) is 3.00. The molecule has 0 radical (unpaired) electrons. The standard InChI is InChI=1S/C15H21N3/c1-3-8-16-14(11-15-17-9-10-18-15)13-6-4-12(2)5-7-13/h4-7,9-10,14,16H,3,8,11H2,1-2H3,(H,17,18). The Morgan fingerprint density at radius 2 is 2.06 bits per heavy atom. The van der Waals surface area contributed by atoms with Crippen molar-refractivity contribution in [1.82, 2.24) is 15.3 Å². The SMILES string of the molecule is CCCNC(Cc1ncc[nH]1)c1ccc(C)cc1. The van der Waals surface area contributed by atoms with E-state index < -0.39 is 0 Å². The van der Waals surface area contributed by atoms with E-state index in [9.17, 15) is 0 Å². The Morgan fingerprint density at radius 1 is 1.28 bits per heavy atom. The van der Waals surface area contributed by atoms with E-state index in [1.807, 2.05) is 6.20 Å². The minimum absolute atomic E-state index is 0.330. The molecule has 3 heteroatoms. The number of aryl methyl sites for hydroxylation is 1. The van der Waals surface area contributed by atoms with Crippen LogP contribution in [-0.2, 0) is 6.42 Å². The van der Waals surface area contributed by atoms with Crippen LogP contribution < -0.4 is 5.32 Å². The molecule has 3 nitrogen and oxygen atoms in total. The molecule has 18 heavy (non-hydrogen) atoms. The lowest BCUT2D eigenvalue weighted by atomic mass is 10.0. The maximum atomic E-state index is 4.31. The van der Waals surface area contributed by atoms with Crippen molar-refractivity contribution in [1.29, 1.82) is 0 Å². The van der Waals surface area contributed by atoms with Gasteiger partial charge in [-0.25, -0.2) is 4.98 Å². The topological polar surface area (TPSA) is 40.7 Å². The molecule has 0 aliphatic carbocycles. The first-order valence-corrected chi connectivity index (χ1v) is 6.57. The summed E-state index contributed by atoms with van der Waals surface area (Å²) >= 11 is 0. The molecule has 0 spiro atoms. The van der Waals surface area contributed by atoms with Gasteiger partial charge in [0, 0.05) is 24.9 Å². The zero-order valence-corrected chi connectivity index (χ0v) is 11.1. The Morgan fingerprint density at radius 3 is 2.67 bits per heavy atom. The second kappa shape index (κ2) is 6.36. The van der Waals surface area contributed by atoms with Gasteiger partial charge in [0.05, 0.1) is 0 Å². The van der Waals surface area contributed by atoms with E-state index >= 15 is 0 Å². The Labute approximate surface area is 109 Å². The second-order valence-electron chi connectivity index (χ2n) is 4.66. The van der Waals surface area contributed by atoms with Crippen LogP contribution in [0.15, 0.2) is 36.7 Å². The molecule has 2 aromatic rings. The first-order valence-electron chi connectivity index (χ1n) is 6.57. The van der Waals surface area contributed by atoms with Gasteiger partial charge in [-0.2, -0.15) is 0 Å². The molecule has 0 saturated heterocycles. The fraction of sp³-hybridized carbons (Fsp3) is 0.400. The van der Waals surface area contributed by atoms with Crippen LogP contribution in [0.5, 0.6) is 0 Å². The summed E-state index contributed by atoms with van der Waals surface area (Å²) in [6, 6.07) is 9.06. The van der Waals surface area contributed by atoms with E-state index in [2.05, 4.69) is 53.4 Å². The van der Waals surface area contributed by atoms with Crippen molar-refractivity contribution >= 4 is 0 Å². The monoisotopic (exact) mass is 243 g/mol. The van der Waals surface area contributed by atoms with E-state index in [1.165, 1.54) is 11.1 Å². The van der Waals surface area contributed by atoms with Crippen molar-refractivity contribution in [3.05, 3.63) is 53.6 Å². The van der Waals surface area contributed by atoms with Gasteiger partial charge in [-0.3, -0.25) is 0 Å². The Bertz CT molecular complexity index is 445. The first kappa shape index (κ1) is 12.8. The summed E-state index contributed by atoms with van der Waals surface area (Å²) in [6.07, 6.45) is 5.72. The van der Waals surface area contributed by atoms with Crippen LogP contribution in [0.1, 0.15) is 36.3 Å². The van der Waals surface area contributed by atoms with E-state index in [0.717, 1.165) is 25.2 Å². The third-order valence-electron chi connectivity index (χ3n) is 3.07. The number of hydrogen-bond acceptors (Lipinski definition) is 2. The van der Waals surface area contributed by atoms with Gasteiger partial charge < -0.3 is 10.3 Å². The molecule has 0 aliphatic rings. The first-order chi connectivity index (χ1) is 8.79. The Balaban J connectivity index is 2.11. The smallest absolute Gasteiger partial charge is 0.107 e. The van der Waals surface area contributed by atoms with Gasteiger partial charge in [0.1, 0.15) is 5.82 Å². The molecule has 1 unspecified atom stereocenters. The summed E-state index contributed by atoms with van der Waals surface area (Å²) in [6.45, 7) is 5.33. The van der Waals surface area contributed by atoms with Crippen molar-refractivity contribution in [3.63, 3.8) is 0 Å². The lowest BCUT2D eigenvalue weighted by Gasteiger charge is -2.18. The van der Waals surface area contributed by atoms with Crippen molar-refractivity contribution in [2.24, 2.45) is 0 Å². The van der Waals surface area contributed by atoms with Crippen molar-refractivity contribution in [2.75, 3.05) is 6.54 Å². The van der Waals surface area contributed by atoms with Gasteiger partial charge >= 0.3 is 0 Å². The summed E-state index contributed by atoms with van der Waals surface area (Å²) in [5, 5.41) is 3.58. The number of hydrogen-bond donors (Lipinski definition) is 2. The highest BCUT2D eigenvalue weighted by molar-refractivity contribution is 5.24. The molecule has 1 heterocycles. The third kappa shape index (κ3) is 3.44. The molecule has 0 amide bonds. The number of nitrogens with one attached hydrogen (secondary N) is 2. The number of rotatable bonds is 6.